The van der Waals surface area contributed by atoms with Gasteiger partial charge < -0.3 is 0 Å². The van der Waals surface area contributed by atoms with Crippen LogP contribution in [0.5, 0.6) is 0 Å². The van der Waals surface area contributed by atoms with Crippen LogP contribution < -0.4 is 0 Å². The highest BCUT2D eigenvalue weighted by molar-refractivity contribution is 6.51. The van der Waals surface area contributed by atoms with E-state index in [2.05, 4.69) is 0 Å². The molecule has 0 unspecified atom stereocenters. The molecule has 0 N–H and O–H groups in total. The van der Waals surface area contributed by atoms with Gasteiger partial charge in [-0.1, -0.05) is 0 Å². The Bertz CT molecular complexity index is 137. The van der Waals surface area contributed by atoms with Gasteiger partial charge in [-0.25, -0.2) is 8.78 Å². The van der Waals surface area contributed by atoms with Crippen LogP contribution in [0.1, 0.15) is 0 Å². The van der Waals surface area contributed by atoms with Gasteiger partial charge in [0.2, 0.25) is 7.28 Å². The van der Waals surface area contributed by atoms with Crippen molar-refractivity contribution < 1.29 is 8.78 Å². The third kappa shape index (κ3) is 0.708. The van der Waals surface area contributed by atoms with Crippen LogP contribution in [0.15, 0.2) is 23.6 Å². The Morgan fingerprint density at radius 2 is 2.14 bits per heavy atom. The molecular formula is C4H2BF2. The summed E-state index contributed by atoms with van der Waals surface area (Å²) in [5, 5.41) is 0. The summed E-state index contributed by atoms with van der Waals surface area (Å²) >= 11 is 0. The molecule has 0 bridgehead atoms. The number of halogens is 2. The molecule has 1 rings (SSSR count). The predicted molar refractivity (Wildman–Crippen MR) is 24.1 cm³/mol. The molecule has 7 heavy (non-hydrogen) atoms. The molecule has 0 aromatic heterocycles. The van der Waals surface area contributed by atoms with Gasteiger partial charge in [0.1, 0.15) is 5.83 Å². The first kappa shape index (κ1) is 4.56. The fourth-order valence-corrected chi connectivity index (χ4v) is 0.376. The van der Waals surface area contributed by atoms with Crippen molar-refractivity contribution in [3.05, 3.63) is 23.6 Å². The van der Waals surface area contributed by atoms with Crippen LogP contribution in [0.25, 0.3) is 0 Å². The lowest BCUT2D eigenvalue weighted by Crippen LogP contribution is -1.78. The molecule has 1 aliphatic heterocycles. The van der Waals surface area contributed by atoms with Crippen molar-refractivity contribution >= 4 is 7.28 Å². The molecule has 0 aromatic rings. The van der Waals surface area contributed by atoms with E-state index in [0.29, 0.717) is 0 Å². The maximum atomic E-state index is 11.7. The summed E-state index contributed by atoms with van der Waals surface area (Å²) in [6.07, 6.45) is 1.08. The molecule has 3 heteroatoms. The van der Waals surface area contributed by atoms with Gasteiger partial charge in [0.25, 0.3) is 0 Å². The van der Waals surface area contributed by atoms with Crippen LogP contribution in [-0.2, 0) is 0 Å². The maximum Gasteiger partial charge on any atom is 0.225 e. The highest BCUT2D eigenvalue weighted by Gasteiger charge is 2.06. The Morgan fingerprint density at radius 3 is 2.29 bits per heavy atom. The average Bonchev–Trinajstić information content (AvgIpc) is 1.91. The van der Waals surface area contributed by atoms with Gasteiger partial charge in [0.15, 0.2) is 0 Å². The summed E-state index contributed by atoms with van der Waals surface area (Å²) in [5.41, 5.74) is -0.778. The van der Waals surface area contributed by atoms with Gasteiger partial charge in [-0.05, 0) is 6.08 Å². The molecule has 0 aliphatic carbocycles. The van der Waals surface area contributed by atoms with Gasteiger partial charge in [-0.15, -0.1) is 5.98 Å². The van der Waals surface area contributed by atoms with Gasteiger partial charge in [-0.2, -0.15) is 0 Å². The number of hydrogen-bond acceptors (Lipinski definition) is 0. The van der Waals surface area contributed by atoms with E-state index >= 15 is 0 Å². The molecule has 0 fully saturated rings. The highest BCUT2D eigenvalue weighted by Crippen LogP contribution is 2.13. The van der Waals surface area contributed by atoms with Crippen LogP contribution >= 0.6 is 0 Å². The van der Waals surface area contributed by atoms with E-state index in [-0.39, 0.29) is 0 Å². The van der Waals surface area contributed by atoms with E-state index in [0.717, 1.165) is 13.4 Å². The Kier molecular flexibility index (Phi) is 0.967. The van der Waals surface area contributed by atoms with E-state index in [1.165, 1.54) is 5.98 Å². The minimum atomic E-state index is -0.778. The number of allylic oxidation sites excluding steroid dienone is 2. The summed E-state index contributed by atoms with van der Waals surface area (Å²) in [6, 6.07) is 0. The maximum absolute atomic E-state index is 11.7. The largest absolute Gasteiger partial charge is 0.225 e. The van der Waals surface area contributed by atoms with Crippen molar-refractivity contribution in [3.8, 4) is 0 Å². The molecular weight excluding hydrogens is 96.9 g/mol. The fourth-order valence-electron chi connectivity index (χ4n) is 0.376. The average molecular weight is 98.9 g/mol. The van der Waals surface area contributed by atoms with Gasteiger partial charge in [0.05, 0.1) is 5.73 Å². The zero-order chi connectivity index (χ0) is 5.28. The topological polar surface area (TPSA) is 0 Å². The standard InChI is InChI=1S/C4H2BF2/c6-3-1-2-5-4(3)7/h1-2H. The second kappa shape index (κ2) is 1.48. The lowest BCUT2D eigenvalue weighted by molar-refractivity contribution is 0.593. The predicted octanol–water partition coefficient (Wildman–Crippen LogP) is 1.33. The zero-order valence-corrected chi connectivity index (χ0v) is 3.49. The van der Waals surface area contributed by atoms with Crippen LogP contribution in [0.4, 0.5) is 8.78 Å². The van der Waals surface area contributed by atoms with Crippen molar-refractivity contribution in [1.82, 2.24) is 0 Å². The van der Waals surface area contributed by atoms with Crippen molar-refractivity contribution in [2.24, 2.45) is 0 Å². The van der Waals surface area contributed by atoms with Crippen LogP contribution in [0, 0.1) is 0 Å². The number of rotatable bonds is 0. The first-order valence-electron chi connectivity index (χ1n) is 1.87. The third-order valence-electron chi connectivity index (χ3n) is 0.713. The molecule has 0 atom stereocenters. The Balaban J connectivity index is 2.79. The van der Waals surface area contributed by atoms with E-state index in [1.807, 2.05) is 0 Å². The smallest absolute Gasteiger partial charge is 0.220 e. The van der Waals surface area contributed by atoms with Crippen molar-refractivity contribution in [2.45, 2.75) is 0 Å². The van der Waals surface area contributed by atoms with Crippen LogP contribution in [-0.4, -0.2) is 7.28 Å². The summed E-state index contributed by atoms with van der Waals surface area (Å²) in [5.74, 6) is 0.546. The molecule has 0 aromatic carbocycles. The van der Waals surface area contributed by atoms with Crippen molar-refractivity contribution in [2.75, 3.05) is 0 Å². The van der Waals surface area contributed by atoms with Crippen molar-refractivity contribution in [3.63, 3.8) is 0 Å². The second-order valence-electron chi connectivity index (χ2n) is 1.22. The van der Waals surface area contributed by atoms with Gasteiger partial charge in [-0.3, -0.25) is 0 Å². The molecule has 1 aliphatic rings. The minimum absolute atomic E-state index is 0.778. The summed E-state index contributed by atoms with van der Waals surface area (Å²) in [6.45, 7) is 0. The molecule has 1 heterocycles. The SMILES string of the molecule is FC1=C(F)C=C[B]1. The lowest BCUT2D eigenvalue weighted by Gasteiger charge is -1.77. The van der Waals surface area contributed by atoms with Crippen LogP contribution in [0.3, 0.4) is 0 Å². The second-order valence-corrected chi connectivity index (χ2v) is 1.22. The molecule has 0 saturated carbocycles. The Hall–Kier alpha value is -0.595. The molecule has 1 radical (unpaired) electrons. The third-order valence-corrected chi connectivity index (χ3v) is 0.713. The summed E-state index contributed by atoms with van der Waals surface area (Å²) in [4.78, 5) is 0. The minimum Gasteiger partial charge on any atom is -0.220 e. The molecule has 0 nitrogen and oxygen atoms in total. The Labute approximate surface area is 40.8 Å². The Morgan fingerprint density at radius 1 is 1.43 bits per heavy atom. The van der Waals surface area contributed by atoms with Crippen LogP contribution in [0.2, 0.25) is 0 Å². The molecule has 0 spiro atoms. The van der Waals surface area contributed by atoms with Gasteiger partial charge >= 0.3 is 0 Å². The van der Waals surface area contributed by atoms with E-state index < -0.39 is 11.6 Å². The van der Waals surface area contributed by atoms with E-state index in [4.69, 9.17) is 0 Å². The highest BCUT2D eigenvalue weighted by atomic mass is 19.2. The molecule has 0 amide bonds. The fraction of sp³-hybridized carbons (Fsp3) is 0. The summed E-state index contributed by atoms with van der Waals surface area (Å²) in [7, 11) is 1.08. The van der Waals surface area contributed by atoms with Gasteiger partial charge in [0, 0.05) is 0 Å². The molecule has 35 valence electrons. The monoisotopic (exact) mass is 99.0 g/mol. The zero-order valence-electron chi connectivity index (χ0n) is 3.49. The normalized spacial score (nSPS) is 18.0. The first-order chi connectivity index (χ1) is 3.30. The molecule has 0 saturated heterocycles. The first-order valence-corrected chi connectivity index (χ1v) is 1.87. The summed E-state index contributed by atoms with van der Waals surface area (Å²) < 4.78 is 23.4. The quantitative estimate of drug-likeness (QED) is 0.401. The van der Waals surface area contributed by atoms with E-state index in [1.54, 1.807) is 0 Å². The lowest BCUT2D eigenvalue weighted by atomic mass is 9.81. The van der Waals surface area contributed by atoms with E-state index in [9.17, 15) is 8.78 Å². The number of hydrogen-bond donors (Lipinski definition) is 0. The van der Waals surface area contributed by atoms with Crippen molar-refractivity contribution in [1.29, 1.82) is 0 Å².